The van der Waals surface area contributed by atoms with Crippen molar-refractivity contribution in [3.63, 3.8) is 0 Å². The lowest BCUT2D eigenvalue weighted by Gasteiger charge is -2.40. The second-order valence-electron chi connectivity index (χ2n) is 11.1. The molecule has 0 aromatic carbocycles. The standard InChI is InChI=1S/C26H34F5N3O3/c1-36-20-15-37-8-6-17(20)9-16-5-7-25(11-16,12-22(27)28)24(35)34-14-18-10-19(34)13-33(18)23-4-2-3-21(32-23)26(29,30)31/h2-4,16-20,22H,5-15H2,1H3/t16-,17+,18-,19-,20+,25-/m0/s1. The average molecular weight is 532 g/mol. The number of ether oxygens (including phenoxy) is 2. The van der Waals surface area contributed by atoms with Crippen LogP contribution in [0.4, 0.5) is 27.8 Å². The summed E-state index contributed by atoms with van der Waals surface area (Å²) in [6, 6.07) is 3.44. The summed E-state index contributed by atoms with van der Waals surface area (Å²) < 4.78 is 78.1. The highest BCUT2D eigenvalue weighted by molar-refractivity contribution is 5.84. The van der Waals surface area contributed by atoms with Crippen molar-refractivity contribution in [3.05, 3.63) is 23.9 Å². The second-order valence-corrected chi connectivity index (χ2v) is 11.1. The van der Waals surface area contributed by atoms with Gasteiger partial charge in [-0.3, -0.25) is 4.79 Å². The monoisotopic (exact) mass is 531 g/mol. The summed E-state index contributed by atoms with van der Waals surface area (Å²) in [5.74, 6) is 0.489. The molecule has 4 fully saturated rings. The minimum Gasteiger partial charge on any atom is -0.379 e. The molecule has 206 valence electrons. The van der Waals surface area contributed by atoms with Gasteiger partial charge in [0, 0.05) is 33.2 Å². The van der Waals surface area contributed by atoms with E-state index in [-0.39, 0.29) is 41.7 Å². The van der Waals surface area contributed by atoms with Gasteiger partial charge in [-0.05, 0) is 62.5 Å². The molecule has 0 N–H and O–H groups in total. The molecule has 1 amide bonds. The van der Waals surface area contributed by atoms with Crippen molar-refractivity contribution in [2.75, 3.05) is 38.3 Å². The normalized spacial score (nSPS) is 34.1. The summed E-state index contributed by atoms with van der Waals surface area (Å²) in [4.78, 5) is 21.2. The van der Waals surface area contributed by atoms with Crippen LogP contribution in [0.3, 0.4) is 0 Å². The summed E-state index contributed by atoms with van der Waals surface area (Å²) in [5.41, 5.74) is -2.04. The van der Waals surface area contributed by atoms with Gasteiger partial charge in [-0.15, -0.1) is 0 Å². The molecule has 6 atom stereocenters. The van der Waals surface area contributed by atoms with E-state index in [2.05, 4.69) is 4.98 Å². The molecule has 1 saturated carbocycles. The van der Waals surface area contributed by atoms with Gasteiger partial charge < -0.3 is 19.3 Å². The van der Waals surface area contributed by atoms with Crippen LogP contribution in [0.15, 0.2) is 18.2 Å². The van der Waals surface area contributed by atoms with Crippen molar-refractivity contribution in [1.29, 1.82) is 0 Å². The van der Waals surface area contributed by atoms with E-state index in [1.807, 2.05) is 4.90 Å². The molecule has 2 bridgehead atoms. The fraction of sp³-hybridized carbons (Fsp3) is 0.769. The third-order valence-corrected chi connectivity index (χ3v) is 8.91. The SMILES string of the molecule is CO[C@@H]1COCC[C@@H]1C[C@@H]1CC[C@](CC(F)F)(C(=O)N2C[C@@H]3C[C@H]2CN3c2cccc(C(F)(F)F)n2)C1. The first-order valence-corrected chi connectivity index (χ1v) is 13.1. The van der Waals surface area contributed by atoms with Crippen molar-refractivity contribution in [2.24, 2.45) is 17.3 Å². The summed E-state index contributed by atoms with van der Waals surface area (Å²) in [6.07, 6.45) is -3.67. The first kappa shape index (κ1) is 26.6. The Morgan fingerprint density at radius 1 is 1.24 bits per heavy atom. The van der Waals surface area contributed by atoms with Gasteiger partial charge in [0.15, 0.2) is 0 Å². The quantitative estimate of drug-likeness (QED) is 0.475. The van der Waals surface area contributed by atoms with Crippen molar-refractivity contribution < 1.29 is 36.2 Å². The molecule has 1 aromatic heterocycles. The number of amides is 1. The molecular formula is C26H34F5N3O3. The van der Waals surface area contributed by atoms with Gasteiger partial charge in [0.05, 0.1) is 30.2 Å². The van der Waals surface area contributed by atoms with Crippen LogP contribution in [0.2, 0.25) is 0 Å². The lowest BCUT2D eigenvalue weighted by Crippen LogP contribution is -2.53. The number of likely N-dealkylation sites (tertiary alicyclic amines) is 1. The van der Waals surface area contributed by atoms with Gasteiger partial charge >= 0.3 is 6.18 Å². The Bertz CT molecular complexity index is 979. The zero-order chi connectivity index (χ0) is 26.4. The van der Waals surface area contributed by atoms with E-state index >= 15 is 0 Å². The number of aromatic nitrogens is 1. The van der Waals surface area contributed by atoms with Crippen LogP contribution in [-0.4, -0.2) is 73.8 Å². The Morgan fingerprint density at radius 3 is 2.73 bits per heavy atom. The average Bonchev–Trinajstić information content (AvgIpc) is 3.58. The predicted octanol–water partition coefficient (Wildman–Crippen LogP) is 4.77. The number of piperazine rings is 1. The van der Waals surface area contributed by atoms with Crippen molar-refractivity contribution >= 4 is 11.7 Å². The van der Waals surface area contributed by atoms with Gasteiger partial charge in [0.25, 0.3) is 0 Å². The Kier molecular flexibility index (Phi) is 7.39. The molecule has 3 saturated heterocycles. The second kappa shape index (κ2) is 10.3. The summed E-state index contributed by atoms with van der Waals surface area (Å²) in [5, 5.41) is 0. The van der Waals surface area contributed by atoms with Crippen LogP contribution in [0.5, 0.6) is 0 Å². The number of methoxy groups -OCH3 is 1. The van der Waals surface area contributed by atoms with E-state index in [0.29, 0.717) is 45.6 Å². The highest BCUT2D eigenvalue weighted by Crippen LogP contribution is 2.51. The maximum Gasteiger partial charge on any atom is 0.433 e. The lowest BCUT2D eigenvalue weighted by atomic mass is 9.78. The smallest absolute Gasteiger partial charge is 0.379 e. The minimum absolute atomic E-state index is 0.0145. The zero-order valence-electron chi connectivity index (χ0n) is 20.9. The molecule has 0 unspecified atom stereocenters. The molecule has 3 aliphatic heterocycles. The van der Waals surface area contributed by atoms with Crippen molar-refractivity contribution in [1.82, 2.24) is 9.88 Å². The number of hydrogen-bond donors (Lipinski definition) is 0. The Balaban J connectivity index is 1.27. The van der Waals surface area contributed by atoms with Gasteiger partial charge in [0.1, 0.15) is 11.5 Å². The van der Waals surface area contributed by atoms with Crippen LogP contribution < -0.4 is 4.90 Å². The number of nitrogens with zero attached hydrogens (tertiary/aromatic N) is 3. The van der Waals surface area contributed by atoms with Gasteiger partial charge in [-0.2, -0.15) is 13.2 Å². The number of hydrogen-bond acceptors (Lipinski definition) is 5. The number of halogens is 5. The first-order chi connectivity index (χ1) is 17.6. The molecule has 5 rings (SSSR count). The topological polar surface area (TPSA) is 54.9 Å². The molecule has 1 aromatic rings. The van der Waals surface area contributed by atoms with Crippen molar-refractivity contribution in [2.45, 2.75) is 75.7 Å². The molecule has 4 aliphatic rings. The molecule has 1 aliphatic carbocycles. The summed E-state index contributed by atoms with van der Waals surface area (Å²) in [7, 11) is 1.66. The van der Waals surface area contributed by atoms with Crippen molar-refractivity contribution in [3.8, 4) is 0 Å². The first-order valence-electron chi connectivity index (χ1n) is 13.1. The van der Waals surface area contributed by atoms with Gasteiger partial charge in [-0.1, -0.05) is 6.07 Å². The van der Waals surface area contributed by atoms with Crippen LogP contribution in [-0.2, 0) is 20.4 Å². The molecule has 0 radical (unpaired) electrons. The zero-order valence-corrected chi connectivity index (χ0v) is 20.9. The van der Waals surface area contributed by atoms with Crippen LogP contribution >= 0.6 is 0 Å². The van der Waals surface area contributed by atoms with Crippen LogP contribution in [0, 0.1) is 17.3 Å². The molecule has 4 heterocycles. The van der Waals surface area contributed by atoms with Gasteiger partial charge in [-0.25, -0.2) is 13.8 Å². The number of rotatable bonds is 7. The van der Waals surface area contributed by atoms with E-state index in [1.165, 1.54) is 6.07 Å². The fourth-order valence-corrected chi connectivity index (χ4v) is 7.16. The Hall–Kier alpha value is -2.01. The molecule has 6 nitrogen and oxygen atoms in total. The minimum atomic E-state index is -4.54. The van der Waals surface area contributed by atoms with Crippen LogP contribution in [0.25, 0.3) is 0 Å². The Morgan fingerprint density at radius 2 is 2.05 bits per heavy atom. The number of pyridine rings is 1. The fourth-order valence-electron chi connectivity index (χ4n) is 7.16. The lowest BCUT2D eigenvalue weighted by molar-refractivity contribution is -0.146. The summed E-state index contributed by atoms with van der Waals surface area (Å²) in [6.45, 7) is 1.87. The highest BCUT2D eigenvalue weighted by Gasteiger charge is 2.54. The van der Waals surface area contributed by atoms with E-state index in [1.54, 1.807) is 18.1 Å². The highest BCUT2D eigenvalue weighted by atomic mass is 19.4. The largest absolute Gasteiger partial charge is 0.433 e. The molecule has 37 heavy (non-hydrogen) atoms. The van der Waals surface area contributed by atoms with E-state index in [0.717, 1.165) is 25.3 Å². The number of fused-ring (bicyclic) bond motifs is 2. The van der Waals surface area contributed by atoms with Gasteiger partial charge in [0.2, 0.25) is 12.3 Å². The predicted molar refractivity (Wildman–Crippen MR) is 125 cm³/mol. The number of alkyl halides is 5. The molecule has 0 spiro atoms. The number of carbonyl (C=O) groups excluding carboxylic acids is 1. The molecular weight excluding hydrogens is 497 g/mol. The number of carbonyl (C=O) groups is 1. The Labute approximate surface area is 213 Å². The van der Waals surface area contributed by atoms with E-state index in [4.69, 9.17) is 9.47 Å². The maximum absolute atomic E-state index is 13.8. The number of anilines is 1. The molecule has 11 heteroatoms. The third kappa shape index (κ3) is 5.30. The van der Waals surface area contributed by atoms with Crippen LogP contribution in [0.1, 0.15) is 50.6 Å². The third-order valence-electron chi connectivity index (χ3n) is 8.91. The summed E-state index contributed by atoms with van der Waals surface area (Å²) >= 11 is 0. The maximum atomic E-state index is 13.8. The van der Waals surface area contributed by atoms with E-state index in [9.17, 15) is 26.7 Å². The van der Waals surface area contributed by atoms with E-state index < -0.39 is 30.1 Å².